The summed E-state index contributed by atoms with van der Waals surface area (Å²) in [6.07, 6.45) is -0.190. The van der Waals surface area contributed by atoms with Crippen LogP contribution in [0, 0.1) is 5.82 Å². The number of fused-ring (bicyclic) bond motifs is 1. The molecule has 1 unspecified atom stereocenters. The van der Waals surface area contributed by atoms with E-state index >= 15 is 0 Å². The molecule has 134 valence electrons. The molecular weight excluding hydrogens is 349 g/mol. The van der Waals surface area contributed by atoms with Crippen molar-refractivity contribution >= 4 is 33.3 Å². The number of carboxylic acid groups (broad SMARTS) is 1. The van der Waals surface area contributed by atoms with Crippen LogP contribution in [0.1, 0.15) is 21.7 Å². The number of benzene rings is 1. The van der Waals surface area contributed by atoms with E-state index < -0.39 is 17.8 Å². The minimum atomic E-state index is -0.993. The zero-order valence-electron chi connectivity index (χ0n) is 13.7. The third kappa shape index (κ3) is 3.51. The smallest absolute Gasteiger partial charge is 0.305 e. The van der Waals surface area contributed by atoms with Gasteiger partial charge >= 0.3 is 5.97 Å². The van der Waals surface area contributed by atoms with Crippen molar-refractivity contribution in [2.75, 3.05) is 26.9 Å². The maximum atomic E-state index is 14.3. The Morgan fingerprint density at radius 1 is 1.48 bits per heavy atom. The normalized spacial score (nSPS) is 17.8. The van der Waals surface area contributed by atoms with Gasteiger partial charge in [-0.05, 0) is 12.1 Å². The van der Waals surface area contributed by atoms with Crippen molar-refractivity contribution in [3.63, 3.8) is 0 Å². The summed E-state index contributed by atoms with van der Waals surface area (Å²) in [6, 6.07) is 4.17. The Bertz CT molecular complexity index is 806. The molecule has 0 radical (unpaired) electrons. The van der Waals surface area contributed by atoms with Gasteiger partial charge in [0.25, 0.3) is 5.91 Å². The van der Waals surface area contributed by atoms with Gasteiger partial charge in [0, 0.05) is 29.3 Å². The van der Waals surface area contributed by atoms with Crippen molar-refractivity contribution in [3.05, 3.63) is 34.5 Å². The van der Waals surface area contributed by atoms with Crippen molar-refractivity contribution < 1.29 is 28.6 Å². The molecule has 2 heterocycles. The van der Waals surface area contributed by atoms with Crippen LogP contribution in [-0.2, 0) is 20.9 Å². The largest absolute Gasteiger partial charge is 0.481 e. The Kier molecular flexibility index (Phi) is 5.31. The van der Waals surface area contributed by atoms with Crippen molar-refractivity contribution in [1.82, 2.24) is 4.90 Å². The van der Waals surface area contributed by atoms with E-state index in [9.17, 15) is 14.0 Å². The zero-order valence-corrected chi connectivity index (χ0v) is 14.5. The molecule has 0 aliphatic carbocycles. The van der Waals surface area contributed by atoms with Gasteiger partial charge in [0.05, 0.1) is 37.2 Å². The van der Waals surface area contributed by atoms with Gasteiger partial charge in [0.2, 0.25) is 0 Å². The van der Waals surface area contributed by atoms with E-state index in [2.05, 4.69) is 0 Å². The maximum absolute atomic E-state index is 14.3. The molecule has 1 saturated heterocycles. The second-order valence-electron chi connectivity index (χ2n) is 5.78. The predicted molar refractivity (Wildman–Crippen MR) is 90.4 cm³/mol. The lowest BCUT2D eigenvalue weighted by Gasteiger charge is -2.34. The summed E-state index contributed by atoms with van der Waals surface area (Å²) in [6.45, 7) is 0.938. The number of carbonyl (C=O) groups excluding carboxylic acids is 1. The standard InChI is InChI=1S/C17H18FNO5S/c1-23-9-11-15-12(18)3-2-4-13(15)25-16(11)17(22)19-5-6-24-8-10(19)7-14(20)21/h2-4,10H,5-9H2,1H3,(H,20,21). The molecule has 0 spiro atoms. The van der Waals surface area contributed by atoms with Gasteiger partial charge in [-0.1, -0.05) is 6.07 Å². The number of methoxy groups -OCH3 is 1. The van der Waals surface area contributed by atoms with Crippen molar-refractivity contribution in [3.8, 4) is 0 Å². The second-order valence-corrected chi connectivity index (χ2v) is 6.83. The first kappa shape index (κ1) is 17.8. The summed E-state index contributed by atoms with van der Waals surface area (Å²) in [5.41, 5.74) is 0.506. The van der Waals surface area contributed by atoms with E-state index in [0.717, 1.165) is 0 Å². The maximum Gasteiger partial charge on any atom is 0.305 e. The second kappa shape index (κ2) is 7.47. The molecular formula is C17H18FNO5S. The molecule has 1 amide bonds. The number of nitrogens with zero attached hydrogens (tertiary/aromatic N) is 1. The van der Waals surface area contributed by atoms with Gasteiger partial charge in [0.1, 0.15) is 5.82 Å². The van der Waals surface area contributed by atoms with Crippen LogP contribution in [0.3, 0.4) is 0 Å². The number of rotatable bonds is 5. The van der Waals surface area contributed by atoms with Crippen LogP contribution in [0.4, 0.5) is 4.39 Å². The number of carbonyl (C=O) groups is 2. The Balaban J connectivity index is 2.02. The molecule has 0 saturated carbocycles. The number of thiophene rings is 1. The molecule has 1 aliphatic rings. The molecule has 25 heavy (non-hydrogen) atoms. The monoisotopic (exact) mass is 367 g/mol. The van der Waals surface area contributed by atoms with Gasteiger partial charge in [-0.15, -0.1) is 11.3 Å². The number of morpholine rings is 1. The third-order valence-electron chi connectivity index (χ3n) is 4.14. The topological polar surface area (TPSA) is 76.1 Å². The van der Waals surface area contributed by atoms with E-state index in [1.54, 1.807) is 12.1 Å². The zero-order chi connectivity index (χ0) is 18.0. The molecule has 1 N–H and O–H groups in total. The van der Waals surface area contributed by atoms with Crippen LogP contribution in [-0.4, -0.2) is 54.8 Å². The summed E-state index contributed by atoms with van der Waals surface area (Å²) in [7, 11) is 1.49. The van der Waals surface area contributed by atoms with Crippen molar-refractivity contribution in [2.45, 2.75) is 19.1 Å². The number of halogens is 1. The third-order valence-corrected chi connectivity index (χ3v) is 5.33. The molecule has 2 aromatic rings. The fourth-order valence-corrected chi connectivity index (χ4v) is 4.22. The van der Waals surface area contributed by atoms with Gasteiger partial charge < -0.3 is 19.5 Å². The molecule has 1 fully saturated rings. The average Bonchev–Trinajstić information content (AvgIpc) is 2.94. The molecule has 1 aromatic heterocycles. The van der Waals surface area contributed by atoms with Crippen molar-refractivity contribution in [2.24, 2.45) is 0 Å². The summed E-state index contributed by atoms with van der Waals surface area (Å²) >= 11 is 1.20. The Morgan fingerprint density at radius 3 is 3.00 bits per heavy atom. The quantitative estimate of drug-likeness (QED) is 0.879. The minimum absolute atomic E-state index is 0.107. The first-order chi connectivity index (χ1) is 12.0. The van der Waals surface area contributed by atoms with E-state index in [0.29, 0.717) is 33.7 Å². The van der Waals surface area contributed by atoms with Gasteiger partial charge in [-0.3, -0.25) is 9.59 Å². The highest BCUT2D eigenvalue weighted by atomic mass is 32.1. The average molecular weight is 367 g/mol. The van der Waals surface area contributed by atoms with Crippen LogP contribution in [0.5, 0.6) is 0 Å². The number of hydrogen-bond acceptors (Lipinski definition) is 5. The van der Waals surface area contributed by atoms with E-state index in [4.69, 9.17) is 14.6 Å². The van der Waals surface area contributed by atoms with Gasteiger partial charge in [0.15, 0.2) is 0 Å². The van der Waals surface area contributed by atoms with Crippen LogP contribution < -0.4 is 0 Å². The molecule has 3 rings (SSSR count). The highest BCUT2D eigenvalue weighted by Gasteiger charge is 2.32. The van der Waals surface area contributed by atoms with Crippen LogP contribution >= 0.6 is 11.3 Å². The molecule has 1 aromatic carbocycles. The number of hydrogen-bond donors (Lipinski definition) is 1. The van der Waals surface area contributed by atoms with E-state index in [1.165, 1.54) is 29.4 Å². The molecule has 6 nitrogen and oxygen atoms in total. The first-order valence-electron chi connectivity index (χ1n) is 7.82. The highest BCUT2D eigenvalue weighted by Crippen LogP contribution is 2.35. The van der Waals surface area contributed by atoms with Gasteiger partial charge in [-0.2, -0.15) is 0 Å². The summed E-state index contributed by atoms with van der Waals surface area (Å²) in [5, 5.41) is 9.45. The van der Waals surface area contributed by atoms with E-state index in [1.807, 2.05) is 0 Å². The highest BCUT2D eigenvalue weighted by molar-refractivity contribution is 7.21. The minimum Gasteiger partial charge on any atom is -0.481 e. The summed E-state index contributed by atoms with van der Waals surface area (Å²) < 4.78 is 25.4. The van der Waals surface area contributed by atoms with E-state index in [-0.39, 0.29) is 25.5 Å². The fourth-order valence-electron chi connectivity index (χ4n) is 3.05. The molecule has 1 atom stereocenters. The summed E-state index contributed by atoms with van der Waals surface area (Å²) in [4.78, 5) is 26.0. The summed E-state index contributed by atoms with van der Waals surface area (Å²) in [5.74, 6) is -1.70. The molecule has 0 bridgehead atoms. The van der Waals surface area contributed by atoms with Crippen LogP contribution in [0.15, 0.2) is 18.2 Å². The van der Waals surface area contributed by atoms with Crippen LogP contribution in [0.25, 0.3) is 10.1 Å². The Labute approximate surface area is 147 Å². The van der Waals surface area contributed by atoms with Crippen molar-refractivity contribution in [1.29, 1.82) is 0 Å². The lowest BCUT2D eigenvalue weighted by Crippen LogP contribution is -2.49. The number of amides is 1. The Hall–Kier alpha value is -2.03. The Morgan fingerprint density at radius 2 is 2.28 bits per heavy atom. The number of aliphatic carboxylic acids is 1. The van der Waals surface area contributed by atoms with Crippen LogP contribution in [0.2, 0.25) is 0 Å². The first-order valence-corrected chi connectivity index (χ1v) is 8.64. The lowest BCUT2D eigenvalue weighted by atomic mass is 10.1. The SMILES string of the molecule is COCc1c(C(=O)N2CCOCC2CC(=O)O)sc2cccc(F)c12. The fraction of sp³-hybridized carbons (Fsp3) is 0.412. The van der Waals surface area contributed by atoms with Gasteiger partial charge in [-0.25, -0.2) is 4.39 Å². The lowest BCUT2D eigenvalue weighted by molar-refractivity contribution is -0.139. The molecule has 1 aliphatic heterocycles. The predicted octanol–water partition coefficient (Wildman–Crippen LogP) is 2.50. The number of ether oxygens (including phenoxy) is 2. The number of carboxylic acids is 1. The molecule has 8 heteroatoms.